The first-order valence-electron chi connectivity index (χ1n) is 7.30. The summed E-state index contributed by atoms with van der Waals surface area (Å²) in [5.74, 6) is 0.875. The quantitative estimate of drug-likeness (QED) is 0.357. The van der Waals surface area contributed by atoms with E-state index in [1.807, 2.05) is 6.92 Å². The van der Waals surface area contributed by atoms with Crippen LogP contribution >= 0.6 is 0 Å². The molecule has 110 valence electrons. The Kier molecular flexibility index (Phi) is 4.42. The molecule has 6 nitrogen and oxygen atoms in total. The van der Waals surface area contributed by atoms with Crippen LogP contribution in [-0.2, 0) is 12.8 Å². The summed E-state index contributed by atoms with van der Waals surface area (Å²) < 4.78 is 0. The fourth-order valence-electron chi connectivity index (χ4n) is 2.65. The van der Waals surface area contributed by atoms with Crippen molar-refractivity contribution in [3.05, 3.63) is 16.8 Å². The van der Waals surface area contributed by atoms with E-state index >= 15 is 0 Å². The highest BCUT2D eigenvalue weighted by Gasteiger charge is 2.32. The molecule has 0 radical (unpaired) electrons. The van der Waals surface area contributed by atoms with Crippen molar-refractivity contribution in [2.45, 2.75) is 52.5 Å². The van der Waals surface area contributed by atoms with Crippen molar-refractivity contribution in [3.8, 4) is 0 Å². The minimum absolute atomic E-state index is 0.126. The van der Waals surface area contributed by atoms with Crippen LogP contribution in [0.4, 0.5) is 5.82 Å². The summed E-state index contributed by atoms with van der Waals surface area (Å²) in [5, 5.41) is 21.0. The smallest absolute Gasteiger partial charge is 0.174 e. The second kappa shape index (κ2) is 6.07. The molecule has 0 amide bonds. The van der Waals surface area contributed by atoms with Gasteiger partial charge in [-0.1, -0.05) is 19.0 Å². The Bertz CT molecular complexity index is 511. The SMILES string of the molecule is CCc1nnc(N(CC)C2CC2)c(C(N)=NO)c1CC. The van der Waals surface area contributed by atoms with E-state index in [0.29, 0.717) is 6.04 Å². The number of anilines is 1. The third-order valence-electron chi connectivity index (χ3n) is 3.79. The second-order valence-electron chi connectivity index (χ2n) is 5.03. The van der Waals surface area contributed by atoms with Gasteiger partial charge in [0.25, 0.3) is 0 Å². The number of nitrogens with zero attached hydrogens (tertiary/aromatic N) is 4. The van der Waals surface area contributed by atoms with Crippen LogP contribution in [-0.4, -0.2) is 33.8 Å². The van der Waals surface area contributed by atoms with E-state index in [4.69, 9.17) is 10.9 Å². The Morgan fingerprint density at radius 1 is 1.30 bits per heavy atom. The maximum absolute atomic E-state index is 9.10. The molecule has 0 spiro atoms. The van der Waals surface area contributed by atoms with Crippen molar-refractivity contribution in [1.82, 2.24) is 10.2 Å². The molecule has 1 aromatic heterocycles. The van der Waals surface area contributed by atoms with Crippen LogP contribution in [0.25, 0.3) is 0 Å². The average molecular weight is 277 g/mol. The summed E-state index contributed by atoms with van der Waals surface area (Å²) in [6.45, 7) is 7.04. The number of hydrogen-bond donors (Lipinski definition) is 2. The van der Waals surface area contributed by atoms with Gasteiger partial charge in [-0.2, -0.15) is 5.10 Å². The van der Waals surface area contributed by atoms with Crippen LogP contribution < -0.4 is 10.6 Å². The molecule has 0 saturated heterocycles. The highest BCUT2D eigenvalue weighted by molar-refractivity contribution is 6.03. The predicted molar refractivity (Wildman–Crippen MR) is 79.3 cm³/mol. The fourth-order valence-corrected chi connectivity index (χ4v) is 2.65. The molecule has 6 heteroatoms. The van der Waals surface area contributed by atoms with E-state index in [1.54, 1.807) is 0 Å². The number of aryl methyl sites for hydroxylation is 1. The van der Waals surface area contributed by atoms with Gasteiger partial charge in [0.1, 0.15) is 0 Å². The molecule has 3 N–H and O–H groups in total. The zero-order chi connectivity index (χ0) is 14.7. The third-order valence-corrected chi connectivity index (χ3v) is 3.79. The molecule has 0 atom stereocenters. The zero-order valence-electron chi connectivity index (χ0n) is 12.4. The van der Waals surface area contributed by atoms with E-state index in [0.717, 1.165) is 42.0 Å². The predicted octanol–water partition coefficient (Wildman–Crippen LogP) is 1.68. The normalized spacial score (nSPS) is 15.4. The first kappa shape index (κ1) is 14.6. The molecule has 1 aliphatic carbocycles. The van der Waals surface area contributed by atoms with Gasteiger partial charge in [-0.15, -0.1) is 5.10 Å². The number of aromatic nitrogens is 2. The zero-order valence-corrected chi connectivity index (χ0v) is 12.4. The van der Waals surface area contributed by atoms with Crippen LogP contribution in [0.1, 0.15) is 50.4 Å². The Balaban J connectivity index is 2.60. The lowest BCUT2D eigenvalue weighted by atomic mass is 10.0. The van der Waals surface area contributed by atoms with Crippen molar-refractivity contribution in [1.29, 1.82) is 0 Å². The van der Waals surface area contributed by atoms with Crippen LogP contribution in [0.3, 0.4) is 0 Å². The van der Waals surface area contributed by atoms with E-state index in [1.165, 1.54) is 12.8 Å². The Morgan fingerprint density at radius 2 is 2.00 bits per heavy atom. The average Bonchev–Trinajstić information content (AvgIpc) is 3.31. The lowest BCUT2D eigenvalue weighted by Gasteiger charge is -2.25. The van der Waals surface area contributed by atoms with E-state index in [9.17, 15) is 0 Å². The lowest BCUT2D eigenvalue weighted by Crippen LogP contribution is -2.31. The molecule has 20 heavy (non-hydrogen) atoms. The fraction of sp³-hybridized carbons (Fsp3) is 0.643. The first-order chi connectivity index (χ1) is 9.67. The monoisotopic (exact) mass is 277 g/mol. The van der Waals surface area contributed by atoms with Gasteiger partial charge in [-0.05, 0) is 38.2 Å². The van der Waals surface area contributed by atoms with Gasteiger partial charge >= 0.3 is 0 Å². The minimum atomic E-state index is 0.126. The van der Waals surface area contributed by atoms with Gasteiger partial charge in [-0.3, -0.25) is 0 Å². The van der Waals surface area contributed by atoms with Gasteiger partial charge in [-0.25, -0.2) is 0 Å². The van der Waals surface area contributed by atoms with Crippen molar-refractivity contribution in [2.24, 2.45) is 10.9 Å². The summed E-state index contributed by atoms with van der Waals surface area (Å²) in [6, 6.07) is 0.511. The molecule has 0 unspecified atom stereocenters. The highest BCUT2D eigenvalue weighted by Crippen LogP contribution is 2.33. The maximum Gasteiger partial charge on any atom is 0.174 e. The van der Waals surface area contributed by atoms with Crippen molar-refractivity contribution >= 4 is 11.7 Å². The van der Waals surface area contributed by atoms with Crippen molar-refractivity contribution < 1.29 is 5.21 Å². The molecule has 0 aromatic carbocycles. The highest BCUT2D eigenvalue weighted by atomic mass is 16.4. The molecule has 2 rings (SSSR count). The lowest BCUT2D eigenvalue weighted by molar-refractivity contribution is 0.318. The molecule has 1 fully saturated rings. The molecule has 1 heterocycles. The van der Waals surface area contributed by atoms with Gasteiger partial charge in [0.15, 0.2) is 11.7 Å². The number of nitrogens with two attached hydrogens (primary N) is 1. The third kappa shape index (κ3) is 2.55. The van der Waals surface area contributed by atoms with Gasteiger partial charge in [0.05, 0.1) is 11.3 Å². The summed E-state index contributed by atoms with van der Waals surface area (Å²) in [5.41, 5.74) is 8.61. The summed E-state index contributed by atoms with van der Waals surface area (Å²) in [7, 11) is 0. The maximum atomic E-state index is 9.10. The van der Waals surface area contributed by atoms with Gasteiger partial charge < -0.3 is 15.8 Å². The molecular formula is C14H23N5O. The number of oxime groups is 1. The standard InChI is InChI=1S/C14H23N5O/c1-4-10-11(5-2)16-17-14(12(10)13(15)18-20)19(6-3)9-7-8-9/h9,20H,4-8H2,1-3H3,(H2,15,18). The van der Waals surface area contributed by atoms with Crippen LogP contribution in [0.2, 0.25) is 0 Å². The molecular weight excluding hydrogens is 254 g/mol. The number of hydrogen-bond acceptors (Lipinski definition) is 5. The topological polar surface area (TPSA) is 87.6 Å². The van der Waals surface area contributed by atoms with E-state index < -0.39 is 0 Å². The number of rotatable bonds is 6. The Morgan fingerprint density at radius 3 is 2.45 bits per heavy atom. The summed E-state index contributed by atoms with van der Waals surface area (Å²) >= 11 is 0. The molecule has 1 aromatic rings. The van der Waals surface area contributed by atoms with Gasteiger partial charge in [0, 0.05) is 12.6 Å². The van der Waals surface area contributed by atoms with Crippen LogP contribution in [0.15, 0.2) is 5.16 Å². The summed E-state index contributed by atoms with van der Waals surface area (Å²) in [4.78, 5) is 2.21. The molecule has 0 aliphatic heterocycles. The summed E-state index contributed by atoms with van der Waals surface area (Å²) in [6.07, 6.45) is 3.92. The largest absolute Gasteiger partial charge is 0.409 e. The van der Waals surface area contributed by atoms with Crippen LogP contribution in [0.5, 0.6) is 0 Å². The second-order valence-corrected chi connectivity index (χ2v) is 5.03. The van der Waals surface area contributed by atoms with E-state index in [-0.39, 0.29) is 5.84 Å². The minimum Gasteiger partial charge on any atom is -0.409 e. The van der Waals surface area contributed by atoms with Gasteiger partial charge in [0.2, 0.25) is 0 Å². The molecule has 0 bridgehead atoms. The Labute approximate surface area is 119 Å². The van der Waals surface area contributed by atoms with Crippen LogP contribution in [0, 0.1) is 0 Å². The molecule has 1 saturated carbocycles. The van der Waals surface area contributed by atoms with Crippen molar-refractivity contribution in [3.63, 3.8) is 0 Å². The first-order valence-corrected chi connectivity index (χ1v) is 7.30. The van der Waals surface area contributed by atoms with Crippen molar-refractivity contribution in [2.75, 3.05) is 11.4 Å². The Hall–Kier alpha value is -1.85. The molecule has 1 aliphatic rings. The van der Waals surface area contributed by atoms with E-state index in [2.05, 4.69) is 34.1 Å². The number of amidine groups is 1.